The maximum Gasteiger partial charge on any atom is -0.0809 e. The number of fused-ring (bicyclic) bond motifs is 1. The van der Waals surface area contributed by atoms with Gasteiger partial charge in [0.25, 0.3) is 0 Å². The first-order valence-electron chi connectivity index (χ1n) is 4.79. The molecule has 0 amide bonds. The molecule has 0 aliphatic heterocycles. The van der Waals surface area contributed by atoms with Crippen LogP contribution in [0.1, 0.15) is 0 Å². The Kier molecular flexibility index (Phi) is 44.4. The van der Waals surface area contributed by atoms with Crippen LogP contribution in [0.4, 0.5) is 0 Å². The normalized spacial score (nSPS) is 6.20. The van der Waals surface area contributed by atoms with E-state index in [-0.39, 0.29) is 38.8 Å². The average Bonchev–Trinajstić information content (AvgIpc) is 2.82. The topological polar surface area (TPSA) is 57.5 Å². The number of aliphatic hydroxyl groups excluding tert-OH is 2. The molecule has 0 aliphatic rings. The van der Waals surface area contributed by atoms with Gasteiger partial charge < -0.3 is 24.6 Å². The maximum absolute atomic E-state index is 9.01. The molecule has 0 saturated carbocycles. The predicted octanol–water partition coefficient (Wildman–Crippen LogP) is 2.77. The standard InChI is InChI=1S/C9H7.C2H5O.CH4O.CH3.2ClH.O.Si.Zr/c1-2-5-9-7-3-6-8(9)4-1;1-2-3;1-2;;;;;;/h1-7H;3H,1-2H2;2H,1H3;1H3;2*1H;;;/q2*-1;;-1;;;;;. The molecule has 0 aliphatic carbocycles. The summed E-state index contributed by atoms with van der Waals surface area (Å²) < 4.78 is 9.01. The van der Waals surface area contributed by atoms with E-state index >= 15 is 0 Å². The minimum Gasteiger partial charge on any atom is -0.168 e. The van der Waals surface area contributed by atoms with E-state index in [0.29, 0.717) is 0 Å². The maximum atomic E-state index is 9.01. The first kappa shape index (κ1) is 32.3. The fraction of sp³-hybridized carbons (Fsp3) is 0.154. The molecule has 20 heavy (non-hydrogen) atoms. The molecule has 2 N–H and O–H groups in total. The molecular formula is C13H21Cl2O3SiZr-3. The molecule has 7 heteroatoms. The number of hydrogen-bond acceptors (Lipinski definition) is 3. The third-order valence-electron chi connectivity index (χ3n) is 1.55. The van der Waals surface area contributed by atoms with E-state index in [1.54, 1.807) is 0 Å². The zero-order valence-corrected chi connectivity index (χ0v) is 16.7. The Balaban J connectivity index is -0.0000000600. The molecule has 2 aromatic carbocycles. The Hall–Kier alpha value is 0.230. The summed E-state index contributed by atoms with van der Waals surface area (Å²) in [6.45, 7) is 5.84. The van der Waals surface area contributed by atoms with Gasteiger partial charge in [0.2, 0.25) is 0 Å². The number of aliphatic hydroxyl groups is 2. The summed E-state index contributed by atoms with van der Waals surface area (Å²) in [7, 11) is 1.00. The summed E-state index contributed by atoms with van der Waals surface area (Å²) in [6.07, 6.45) is 0. The van der Waals surface area contributed by atoms with E-state index in [2.05, 4.69) is 56.3 Å². The summed E-state index contributed by atoms with van der Waals surface area (Å²) in [6, 6.07) is 14.7. The molecular weight excluding hydrogens is 394 g/mol. The summed E-state index contributed by atoms with van der Waals surface area (Å²) >= 11 is -1.21. The number of hydrogen-bond donors (Lipinski definition) is 2. The number of halogens is 2. The number of rotatable bonds is 0. The van der Waals surface area contributed by atoms with Gasteiger partial charge in [0.1, 0.15) is 0 Å². The molecule has 0 heterocycles. The summed E-state index contributed by atoms with van der Waals surface area (Å²) in [5.74, 6) is 0. The van der Waals surface area contributed by atoms with Crippen LogP contribution in [0.15, 0.2) is 42.5 Å². The van der Waals surface area contributed by atoms with E-state index in [4.69, 9.17) is 13.0 Å². The second-order valence-electron chi connectivity index (χ2n) is 2.48. The Morgan fingerprint density at radius 3 is 2.05 bits per heavy atom. The van der Waals surface area contributed by atoms with Gasteiger partial charge in [-0.25, -0.2) is 0 Å². The van der Waals surface area contributed by atoms with Crippen molar-refractivity contribution in [3.05, 3.63) is 56.8 Å². The molecule has 2 rings (SSSR count). The second-order valence-corrected chi connectivity index (χ2v) is 4.19. The van der Waals surface area contributed by atoms with Crippen molar-refractivity contribution >= 4 is 42.5 Å². The third-order valence-corrected chi connectivity index (χ3v) is 1.55. The molecule has 3 nitrogen and oxygen atoms in total. The summed E-state index contributed by atoms with van der Waals surface area (Å²) in [4.78, 5) is 0. The average molecular weight is 416 g/mol. The van der Waals surface area contributed by atoms with Crippen molar-refractivity contribution in [1.82, 2.24) is 0 Å². The van der Waals surface area contributed by atoms with Crippen LogP contribution in [0, 0.1) is 14.4 Å². The van der Waals surface area contributed by atoms with Crippen LogP contribution in [0.5, 0.6) is 0 Å². The predicted molar refractivity (Wildman–Crippen MR) is 87.5 cm³/mol. The van der Waals surface area contributed by atoms with Gasteiger partial charge >= 0.3 is 31.5 Å². The molecule has 2 aromatic rings. The minimum absolute atomic E-state index is 0. The molecule has 2 radical (unpaired) electrons. The van der Waals surface area contributed by atoms with Gasteiger partial charge in [0.15, 0.2) is 0 Å². The van der Waals surface area contributed by atoms with E-state index in [0.717, 1.165) is 7.11 Å². The van der Waals surface area contributed by atoms with Gasteiger partial charge in [0.05, 0.1) is 0 Å². The van der Waals surface area contributed by atoms with Crippen LogP contribution in [-0.2, 0) is 24.7 Å². The summed E-state index contributed by atoms with van der Waals surface area (Å²) in [5, 5.41) is 17.1. The molecule has 0 saturated heterocycles. The number of benzene rings is 1. The van der Waals surface area contributed by atoms with Crippen molar-refractivity contribution in [1.29, 1.82) is 0 Å². The van der Waals surface area contributed by atoms with Crippen molar-refractivity contribution in [3.8, 4) is 0 Å². The van der Waals surface area contributed by atoms with Gasteiger partial charge in [-0.2, -0.15) is 17.5 Å². The molecule has 0 bridgehead atoms. The van der Waals surface area contributed by atoms with Crippen molar-refractivity contribution in [2.75, 3.05) is 13.7 Å². The van der Waals surface area contributed by atoms with Crippen LogP contribution in [0.3, 0.4) is 0 Å². The van der Waals surface area contributed by atoms with Gasteiger partial charge in [-0.05, 0) is 0 Å². The molecule has 0 atom stereocenters. The largest absolute Gasteiger partial charge is 0.168 e. The van der Waals surface area contributed by atoms with E-state index in [1.165, 1.54) is 10.8 Å². The van der Waals surface area contributed by atoms with E-state index in [9.17, 15) is 0 Å². The Labute approximate surface area is 147 Å². The quantitative estimate of drug-likeness (QED) is 0.514. The molecule has 0 spiro atoms. The smallest absolute Gasteiger partial charge is 0.0809 e. The zero-order valence-electron chi connectivity index (χ0n) is 11.6. The zero-order chi connectivity index (χ0) is 13.5. The molecule has 0 fully saturated rings. The van der Waals surface area contributed by atoms with E-state index < -0.39 is 21.9 Å². The van der Waals surface area contributed by atoms with Crippen molar-refractivity contribution in [2.45, 2.75) is 0 Å². The third kappa shape index (κ3) is 18.2. The van der Waals surface area contributed by atoms with Gasteiger partial charge in [-0.15, -0.1) is 54.5 Å². The molecule has 0 unspecified atom stereocenters. The first-order chi connectivity index (χ1) is 8.29. The van der Waals surface area contributed by atoms with Crippen LogP contribution < -0.4 is 0 Å². The fourth-order valence-electron chi connectivity index (χ4n) is 1.07. The van der Waals surface area contributed by atoms with Crippen LogP contribution in [-0.4, -0.2) is 30.8 Å². The minimum atomic E-state index is -1.21. The fourth-order valence-corrected chi connectivity index (χ4v) is 1.07. The van der Waals surface area contributed by atoms with Crippen molar-refractivity contribution in [3.63, 3.8) is 0 Å². The van der Waals surface area contributed by atoms with Gasteiger partial charge in [-0.3, -0.25) is 0 Å². The van der Waals surface area contributed by atoms with Crippen molar-refractivity contribution in [2.24, 2.45) is 0 Å². The Morgan fingerprint density at radius 2 is 1.65 bits per heavy atom. The van der Waals surface area contributed by atoms with E-state index in [1.807, 2.05) is 0 Å². The second kappa shape index (κ2) is 27.6. The van der Waals surface area contributed by atoms with Gasteiger partial charge in [-0.1, -0.05) is 12.7 Å². The summed E-state index contributed by atoms with van der Waals surface area (Å²) in [5.41, 5.74) is 0. The van der Waals surface area contributed by atoms with Crippen LogP contribution in [0.2, 0.25) is 0 Å². The Morgan fingerprint density at radius 1 is 1.25 bits per heavy atom. The molecule has 0 aromatic heterocycles. The molecule has 116 valence electrons. The first-order valence-corrected chi connectivity index (χ1v) is 9.98. The van der Waals surface area contributed by atoms with Crippen LogP contribution in [0.25, 0.3) is 10.8 Å². The van der Waals surface area contributed by atoms with Crippen molar-refractivity contribution < 1.29 is 34.9 Å². The SMILES string of the molecule is CO.Cl.Cl.[CH2-]CO.[CH3-].[O]=[Zr]=[Si].c1ccc2[cH-]ccc2c1. The Bertz CT molecular complexity index is 388. The van der Waals surface area contributed by atoms with Gasteiger partial charge in [0, 0.05) is 7.11 Å². The monoisotopic (exact) mass is 413 g/mol. The van der Waals surface area contributed by atoms with Crippen LogP contribution >= 0.6 is 24.8 Å².